The van der Waals surface area contributed by atoms with E-state index in [0.717, 1.165) is 12.8 Å². The van der Waals surface area contributed by atoms with Gasteiger partial charge in [-0.2, -0.15) is 0 Å². The maximum absolute atomic E-state index is 12.0. The largest absolute Gasteiger partial charge is 0.459 e. The van der Waals surface area contributed by atoms with Crippen LogP contribution in [0, 0.1) is 0 Å². The van der Waals surface area contributed by atoms with Crippen LogP contribution in [0.5, 0.6) is 0 Å². The predicted molar refractivity (Wildman–Crippen MR) is 80.6 cm³/mol. The topological polar surface area (TPSA) is 52.3 Å². The number of nitrogens with two attached hydrogens (primary N) is 1. The quantitative estimate of drug-likeness (QED) is 0.862. The predicted octanol–water partition coefficient (Wildman–Crippen LogP) is 3.17. The van der Waals surface area contributed by atoms with E-state index in [1.807, 2.05) is 20.8 Å². The molecule has 0 bridgehead atoms. The van der Waals surface area contributed by atoms with Gasteiger partial charge in [0, 0.05) is 0 Å². The summed E-state index contributed by atoms with van der Waals surface area (Å²) in [4.78, 5) is 12.0. The molecule has 0 aromatic heterocycles. The second-order valence-electron chi connectivity index (χ2n) is 6.66. The number of esters is 1. The summed E-state index contributed by atoms with van der Waals surface area (Å²) in [5.41, 5.74) is 8.33. The lowest BCUT2D eigenvalue weighted by atomic mass is 9.80. The van der Waals surface area contributed by atoms with Gasteiger partial charge < -0.3 is 10.5 Å². The first kappa shape index (κ1) is 15.0. The van der Waals surface area contributed by atoms with Gasteiger partial charge >= 0.3 is 5.97 Å². The van der Waals surface area contributed by atoms with E-state index in [1.54, 1.807) is 0 Å². The fourth-order valence-electron chi connectivity index (χ4n) is 2.88. The lowest BCUT2D eigenvalue weighted by Gasteiger charge is -2.28. The first-order valence-corrected chi connectivity index (χ1v) is 7.43. The molecule has 2 N–H and O–H groups in total. The lowest BCUT2D eigenvalue weighted by molar-refractivity contribution is -0.156. The maximum Gasteiger partial charge on any atom is 0.323 e. The monoisotopic (exact) mass is 275 g/mol. The molecule has 2 rings (SSSR count). The number of fused-ring (bicyclic) bond motifs is 1. The highest BCUT2D eigenvalue weighted by Crippen LogP contribution is 2.34. The molecule has 2 unspecified atom stereocenters. The van der Waals surface area contributed by atoms with Crippen molar-refractivity contribution in [2.75, 3.05) is 0 Å². The Kier molecular flexibility index (Phi) is 4.48. The summed E-state index contributed by atoms with van der Waals surface area (Å²) in [6.07, 6.45) is 4.08. The summed E-state index contributed by atoms with van der Waals surface area (Å²) in [6, 6.07) is 7.96. The van der Waals surface area contributed by atoms with Gasteiger partial charge in [-0.15, -0.1) is 0 Å². The van der Waals surface area contributed by atoms with Crippen molar-refractivity contribution in [3.05, 3.63) is 35.4 Å². The molecule has 0 saturated carbocycles. The molecule has 0 amide bonds. The van der Waals surface area contributed by atoms with Crippen LogP contribution >= 0.6 is 0 Å². The van der Waals surface area contributed by atoms with Crippen molar-refractivity contribution in [1.29, 1.82) is 0 Å². The van der Waals surface area contributed by atoms with Crippen molar-refractivity contribution < 1.29 is 9.53 Å². The van der Waals surface area contributed by atoms with E-state index in [2.05, 4.69) is 24.3 Å². The summed E-state index contributed by atoms with van der Waals surface area (Å²) in [5.74, 6) is 0.0861. The number of rotatable bonds is 3. The van der Waals surface area contributed by atoms with Crippen molar-refractivity contribution in [3.8, 4) is 0 Å². The van der Waals surface area contributed by atoms with Gasteiger partial charge in [-0.3, -0.25) is 4.79 Å². The Morgan fingerprint density at radius 2 is 2.10 bits per heavy atom. The van der Waals surface area contributed by atoms with Crippen molar-refractivity contribution in [2.45, 2.75) is 64.0 Å². The van der Waals surface area contributed by atoms with Gasteiger partial charge in [0.2, 0.25) is 0 Å². The fourth-order valence-corrected chi connectivity index (χ4v) is 2.88. The minimum Gasteiger partial charge on any atom is -0.459 e. The van der Waals surface area contributed by atoms with Crippen LogP contribution in [-0.4, -0.2) is 17.6 Å². The van der Waals surface area contributed by atoms with Gasteiger partial charge in [-0.1, -0.05) is 24.3 Å². The number of carbonyl (C=O) groups is 1. The summed E-state index contributed by atoms with van der Waals surface area (Å²) in [6.45, 7) is 5.61. The molecule has 0 spiro atoms. The van der Waals surface area contributed by atoms with E-state index in [4.69, 9.17) is 10.5 Å². The number of aryl methyl sites for hydroxylation is 1. The number of hydrogen-bond acceptors (Lipinski definition) is 3. The average molecular weight is 275 g/mol. The lowest BCUT2D eigenvalue weighted by Crippen LogP contribution is -2.38. The van der Waals surface area contributed by atoms with Crippen molar-refractivity contribution in [3.63, 3.8) is 0 Å². The van der Waals surface area contributed by atoms with Crippen molar-refractivity contribution in [2.24, 2.45) is 5.73 Å². The fraction of sp³-hybridized carbons (Fsp3) is 0.588. The number of carbonyl (C=O) groups excluding carboxylic acids is 1. The van der Waals surface area contributed by atoms with Crippen LogP contribution in [0.3, 0.4) is 0 Å². The molecular weight excluding hydrogens is 250 g/mol. The summed E-state index contributed by atoms with van der Waals surface area (Å²) >= 11 is 0. The average Bonchev–Trinajstić information content (AvgIpc) is 2.37. The van der Waals surface area contributed by atoms with Crippen LogP contribution in [0.25, 0.3) is 0 Å². The Bertz CT molecular complexity index is 476. The van der Waals surface area contributed by atoms with E-state index in [0.29, 0.717) is 12.3 Å². The highest BCUT2D eigenvalue weighted by atomic mass is 16.6. The SMILES string of the molecule is CC(C)(C)OC(=O)C(N)CC1CCCc2ccccc21. The van der Waals surface area contributed by atoms with Gasteiger partial charge in [0.05, 0.1) is 0 Å². The van der Waals surface area contributed by atoms with Gasteiger partial charge in [-0.25, -0.2) is 0 Å². The Morgan fingerprint density at radius 1 is 1.40 bits per heavy atom. The molecule has 3 nitrogen and oxygen atoms in total. The minimum atomic E-state index is -0.537. The second kappa shape index (κ2) is 5.96. The summed E-state index contributed by atoms with van der Waals surface area (Å²) in [5, 5.41) is 0. The van der Waals surface area contributed by atoms with Crippen molar-refractivity contribution in [1.82, 2.24) is 0 Å². The highest BCUT2D eigenvalue weighted by Gasteiger charge is 2.27. The van der Waals surface area contributed by atoms with Crippen LogP contribution in [0.2, 0.25) is 0 Å². The Hall–Kier alpha value is -1.35. The van der Waals surface area contributed by atoms with E-state index in [-0.39, 0.29) is 5.97 Å². The minimum absolute atomic E-state index is 0.291. The Morgan fingerprint density at radius 3 is 2.80 bits per heavy atom. The molecule has 0 saturated heterocycles. The van der Waals surface area contributed by atoms with Gasteiger partial charge in [0.25, 0.3) is 0 Å². The maximum atomic E-state index is 12.0. The second-order valence-corrected chi connectivity index (χ2v) is 6.66. The smallest absolute Gasteiger partial charge is 0.323 e. The third kappa shape index (κ3) is 3.83. The van der Waals surface area contributed by atoms with Crippen LogP contribution < -0.4 is 5.73 Å². The third-order valence-electron chi connectivity index (χ3n) is 3.74. The van der Waals surface area contributed by atoms with E-state index in [9.17, 15) is 4.79 Å². The highest BCUT2D eigenvalue weighted by molar-refractivity contribution is 5.76. The number of ether oxygens (including phenoxy) is 1. The normalized spacial score (nSPS) is 20.1. The number of hydrogen-bond donors (Lipinski definition) is 1. The zero-order chi connectivity index (χ0) is 14.8. The molecule has 20 heavy (non-hydrogen) atoms. The van der Waals surface area contributed by atoms with Crippen molar-refractivity contribution >= 4 is 5.97 Å². The summed E-state index contributed by atoms with van der Waals surface area (Å²) in [7, 11) is 0. The third-order valence-corrected chi connectivity index (χ3v) is 3.74. The Labute approximate surface area is 121 Å². The molecule has 0 aliphatic heterocycles. The molecule has 0 heterocycles. The van der Waals surface area contributed by atoms with Gasteiger partial charge in [0.1, 0.15) is 11.6 Å². The Balaban J connectivity index is 2.02. The van der Waals surface area contributed by atoms with E-state index < -0.39 is 11.6 Å². The van der Waals surface area contributed by atoms with E-state index >= 15 is 0 Å². The zero-order valence-corrected chi connectivity index (χ0v) is 12.7. The van der Waals surface area contributed by atoms with Crippen LogP contribution in [0.4, 0.5) is 0 Å². The van der Waals surface area contributed by atoms with Gasteiger partial charge in [-0.05, 0) is 63.5 Å². The molecule has 0 radical (unpaired) electrons. The molecule has 0 fully saturated rings. The molecule has 1 aliphatic rings. The van der Waals surface area contributed by atoms with Gasteiger partial charge in [0.15, 0.2) is 0 Å². The molecule has 1 aromatic rings. The van der Waals surface area contributed by atoms with Crippen LogP contribution in [0.15, 0.2) is 24.3 Å². The van der Waals surface area contributed by atoms with Crippen LogP contribution in [-0.2, 0) is 16.0 Å². The molecular formula is C17H25NO2. The van der Waals surface area contributed by atoms with E-state index in [1.165, 1.54) is 17.5 Å². The zero-order valence-electron chi connectivity index (χ0n) is 12.7. The first-order chi connectivity index (χ1) is 9.37. The van der Waals surface area contributed by atoms with Crippen LogP contribution in [0.1, 0.15) is 57.1 Å². The number of benzene rings is 1. The molecule has 1 aromatic carbocycles. The molecule has 2 atom stereocenters. The molecule has 1 aliphatic carbocycles. The molecule has 110 valence electrons. The molecule has 3 heteroatoms. The summed E-state index contributed by atoms with van der Waals surface area (Å²) < 4.78 is 5.37. The first-order valence-electron chi connectivity index (χ1n) is 7.43. The standard InChI is InChI=1S/C17H25NO2/c1-17(2,3)20-16(19)15(18)11-13-9-6-8-12-7-4-5-10-14(12)13/h4-5,7,10,13,15H,6,8-9,11,18H2,1-3H3.